The summed E-state index contributed by atoms with van der Waals surface area (Å²) in [5, 5.41) is 5.77. The van der Waals surface area contributed by atoms with Crippen LogP contribution < -0.4 is 20.4 Å². The van der Waals surface area contributed by atoms with E-state index in [0.29, 0.717) is 37.3 Å². The molecule has 3 aliphatic carbocycles. The predicted octanol–water partition coefficient (Wildman–Crippen LogP) is 3.98. The van der Waals surface area contributed by atoms with Crippen molar-refractivity contribution in [2.75, 3.05) is 22.9 Å². The number of nitrogens with one attached hydrogen (secondary N) is 2. The van der Waals surface area contributed by atoms with Crippen molar-refractivity contribution in [2.24, 2.45) is 17.8 Å². The summed E-state index contributed by atoms with van der Waals surface area (Å²) in [5.74, 6) is -0.351. The molecule has 0 bridgehead atoms. The second-order valence-corrected chi connectivity index (χ2v) is 12.4. The van der Waals surface area contributed by atoms with Gasteiger partial charge in [0.1, 0.15) is 6.04 Å². The van der Waals surface area contributed by atoms with Gasteiger partial charge in [-0.15, -0.1) is 0 Å². The molecule has 4 amide bonds. The number of nitrogens with zero attached hydrogens (tertiary/aromatic N) is 2. The average molecular weight is 557 g/mol. The molecule has 4 aliphatic rings. The molecule has 1 aliphatic heterocycles. The number of hydrogen-bond acceptors (Lipinski definition) is 4. The molecule has 1 heterocycles. The van der Waals surface area contributed by atoms with Crippen LogP contribution in [0.3, 0.4) is 0 Å². The van der Waals surface area contributed by atoms with E-state index in [1.807, 2.05) is 54.6 Å². The maximum absolute atomic E-state index is 14.1. The summed E-state index contributed by atoms with van der Waals surface area (Å²) in [6.45, 7) is 1.05. The Hall–Kier alpha value is -3.68. The van der Waals surface area contributed by atoms with Crippen LogP contribution in [0.2, 0.25) is 0 Å². The van der Waals surface area contributed by atoms with E-state index in [0.717, 1.165) is 68.3 Å². The second kappa shape index (κ2) is 12.0. The standard InChI is InChI=1S/C33H40N4O4/c38-29(19-23-10-4-5-11-23)34-26(18-22-8-2-1-3-9-22)31(39)35-30-32(40)36(20-24-14-15-24)27-12-6-7-13-28(27)37(33(30)41)21-25-16-17-25/h1-3,6-9,12-13,23-26,30H,4-5,10-11,14-21H2,(H,34,38)(H,35,39)/t26-/m0/s1. The molecule has 2 N–H and O–H groups in total. The van der Waals surface area contributed by atoms with Gasteiger partial charge in [-0.1, -0.05) is 55.3 Å². The first-order valence-corrected chi connectivity index (χ1v) is 15.3. The zero-order valence-corrected chi connectivity index (χ0v) is 23.6. The van der Waals surface area contributed by atoms with Crippen LogP contribution >= 0.6 is 0 Å². The van der Waals surface area contributed by atoms with E-state index in [4.69, 9.17) is 0 Å². The largest absolute Gasteiger partial charge is 0.344 e. The average Bonchev–Trinajstić information content (AvgIpc) is 3.92. The van der Waals surface area contributed by atoms with Gasteiger partial charge >= 0.3 is 0 Å². The van der Waals surface area contributed by atoms with E-state index in [9.17, 15) is 19.2 Å². The number of carbonyl (C=O) groups excluding carboxylic acids is 4. The van der Waals surface area contributed by atoms with Gasteiger partial charge < -0.3 is 20.4 Å². The summed E-state index contributed by atoms with van der Waals surface area (Å²) >= 11 is 0. The van der Waals surface area contributed by atoms with Crippen LogP contribution in [0, 0.1) is 17.8 Å². The third-order valence-electron chi connectivity index (χ3n) is 8.93. The lowest BCUT2D eigenvalue weighted by Gasteiger charge is -2.27. The van der Waals surface area contributed by atoms with Crippen molar-refractivity contribution < 1.29 is 19.2 Å². The van der Waals surface area contributed by atoms with Gasteiger partial charge in [0.05, 0.1) is 11.4 Å². The number of hydrogen-bond donors (Lipinski definition) is 2. The van der Waals surface area contributed by atoms with Crippen LogP contribution in [-0.2, 0) is 25.6 Å². The molecule has 0 aromatic heterocycles. The Morgan fingerprint density at radius 1 is 0.732 bits per heavy atom. The van der Waals surface area contributed by atoms with Crippen molar-refractivity contribution in [1.82, 2.24) is 10.6 Å². The zero-order chi connectivity index (χ0) is 28.3. The SMILES string of the molecule is O=C(CC1CCCC1)N[C@@H](Cc1ccccc1)C(=O)NC1C(=O)N(CC2CC2)c2ccccc2N(CC2CC2)C1=O. The number of anilines is 2. The highest BCUT2D eigenvalue weighted by Crippen LogP contribution is 2.40. The van der Waals surface area contributed by atoms with Crippen LogP contribution in [0.5, 0.6) is 0 Å². The Labute approximate surface area is 241 Å². The number of rotatable bonds is 11. The minimum atomic E-state index is -1.35. The maximum atomic E-state index is 14.1. The van der Waals surface area contributed by atoms with E-state index in [-0.39, 0.29) is 12.3 Å². The van der Waals surface area contributed by atoms with E-state index in [1.165, 1.54) is 0 Å². The minimum Gasteiger partial charge on any atom is -0.344 e. The Bertz CT molecular complexity index is 1230. The zero-order valence-electron chi connectivity index (χ0n) is 23.6. The molecule has 0 unspecified atom stereocenters. The fourth-order valence-electron chi connectivity index (χ4n) is 6.22. The smallest absolute Gasteiger partial charge is 0.259 e. The van der Waals surface area contributed by atoms with Gasteiger partial charge in [-0.05, 0) is 74.0 Å². The highest BCUT2D eigenvalue weighted by molar-refractivity contribution is 6.21. The quantitative estimate of drug-likeness (QED) is 0.409. The fraction of sp³-hybridized carbons (Fsp3) is 0.515. The van der Waals surface area contributed by atoms with Crippen LogP contribution in [0.25, 0.3) is 0 Å². The lowest BCUT2D eigenvalue weighted by molar-refractivity contribution is -0.135. The van der Waals surface area contributed by atoms with Gasteiger partial charge in [0.25, 0.3) is 11.8 Å². The Kier molecular flexibility index (Phi) is 8.08. The number of benzene rings is 2. The number of fused-ring (bicyclic) bond motifs is 1. The minimum absolute atomic E-state index is 0.162. The molecule has 8 heteroatoms. The lowest BCUT2D eigenvalue weighted by Crippen LogP contribution is -2.59. The molecule has 3 fully saturated rings. The molecule has 41 heavy (non-hydrogen) atoms. The number of amides is 4. The number of carbonyl (C=O) groups is 4. The highest BCUT2D eigenvalue weighted by Gasteiger charge is 2.44. The molecule has 6 rings (SSSR count). The summed E-state index contributed by atoms with van der Waals surface area (Å²) in [6.07, 6.45) is 9.19. The fourth-order valence-corrected chi connectivity index (χ4v) is 6.22. The first-order chi connectivity index (χ1) is 20.0. The van der Waals surface area contributed by atoms with Crippen molar-refractivity contribution >= 4 is 35.0 Å². The molecule has 0 radical (unpaired) electrons. The molecule has 3 saturated carbocycles. The van der Waals surface area contributed by atoms with Gasteiger partial charge in [0.2, 0.25) is 11.8 Å². The maximum Gasteiger partial charge on any atom is 0.259 e. The van der Waals surface area contributed by atoms with Crippen molar-refractivity contribution in [2.45, 2.75) is 76.3 Å². The third-order valence-corrected chi connectivity index (χ3v) is 8.93. The van der Waals surface area contributed by atoms with E-state index in [1.54, 1.807) is 9.80 Å². The third kappa shape index (κ3) is 6.63. The topological polar surface area (TPSA) is 98.8 Å². The molecule has 1 atom stereocenters. The summed E-state index contributed by atoms with van der Waals surface area (Å²) < 4.78 is 0. The van der Waals surface area contributed by atoms with E-state index >= 15 is 0 Å². The molecular formula is C33H40N4O4. The summed E-state index contributed by atoms with van der Waals surface area (Å²) in [6, 6.07) is 14.8. The Morgan fingerprint density at radius 3 is 1.80 bits per heavy atom. The second-order valence-electron chi connectivity index (χ2n) is 12.4. The molecule has 0 saturated heterocycles. The van der Waals surface area contributed by atoms with Gasteiger partial charge in [-0.2, -0.15) is 0 Å². The van der Waals surface area contributed by atoms with Crippen molar-refractivity contribution in [3.05, 3.63) is 60.2 Å². The highest BCUT2D eigenvalue weighted by atomic mass is 16.2. The van der Waals surface area contributed by atoms with Gasteiger partial charge in [-0.25, -0.2) is 0 Å². The summed E-state index contributed by atoms with van der Waals surface area (Å²) in [7, 11) is 0. The molecule has 8 nitrogen and oxygen atoms in total. The molecule has 0 spiro atoms. The predicted molar refractivity (Wildman–Crippen MR) is 157 cm³/mol. The molecular weight excluding hydrogens is 516 g/mol. The van der Waals surface area contributed by atoms with Crippen molar-refractivity contribution in [3.63, 3.8) is 0 Å². The van der Waals surface area contributed by atoms with Crippen LogP contribution in [0.4, 0.5) is 11.4 Å². The summed E-state index contributed by atoms with van der Waals surface area (Å²) in [5.41, 5.74) is 2.34. The summed E-state index contributed by atoms with van der Waals surface area (Å²) in [4.78, 5) is 58.5. The Morgan fingerprint density at radius 2 is 1.27 bits per heavy atom. The van der Waals surface area contributed by atoms with Crippen LogP contribution in [0.1, 0.15) is 63.4 Å². The van der Waals surface area contributed by atoms with Gasteiger partial charge in [-0.3, -0.25) is 19.2 Å². The van der Waals surface area contributed by atoms with Crippen LogP contribution in [0.15, 0.2) is 54.6 Å². The Balaban J connectivity index is 1.26. The molecule has 2 aromatic rings. The monoisotopic (exact) mass is 556 g/mol. The molecule has 2 aromatic carbocycles. The normalized spacial score (nSPS) is 20.5. The lowest BCUT2D eigenvalue weighted by atomic mass is 10.0. The van der Waals surface area contributed by atoms with Crippen molar-refractivity contribution in [3.8, 4) is 0 Å². The van der Waals surface area contributed by atoms with Gasteiger partial charge in [0, 0.05) is 25.9 Å². The van der Waals surface area contributed by atoms with E-state index in [2.05, 4.69) is 10.6 Å². The number of para-hydroxylation sites is 2. The van der Waals surface area contributed by atoms with Crippen molar-refractivity contribution in [1.29, 1.82) is 0 Å². The van der Waals surface area contributed by atoms with Gasteiger partial charge in [0.15, 0.2) is 6.04 Å². The van der Waals surface area contributed by atoms with Crippen LogP contribution in [-0.4, -0.2) is 48.8 Å². The first-order valence-electron chi connectivity index (χ1n) is 15.3. The molecule has 216 valence electrons. The first kappa shape index (κ1) is 27.5. The van der Waals surface area contributed by atoms with E-state index < -0.39 is 29.8 Å².